The van der Waals surface area contributed by atoms with Crippen LogP contribution in [-0.2, 0) is 4.79 Å². The van der Waals surface area contributed by atoms with Crippen molar-refractivity contribution in [2.45, 2.75) is 46.6 Å². The summed E-state index contributed by atoms with van der Waals surface area (Å²) in [5.74, 6) is -0.214. The molecular weight excluding hydrogens is 336 g/mol. The summed E-state index contributed by atoms with van der Waals surface area (Å²) in [5.41, 5.74) is -0.436. The molecule has 0 aliphatic rings. The number of rotatable bonds is 8. The third-order valence-electron chi connectivity index (χ3n) is 3.35. The number of allylic oxidation sites excluding steroid dienone is 1. The van der Waals surface area contributed by atoms with Crippen molar-refractivity contribution in [1.29, 1.82) is 0 Å². The Morgan fingerprint density at radius 1 is 1.23 bits per heavy atom. The monoisotopic (exact) mass is 360 g/mol. The van der Waals surface area contributed by atoms with Gasteiger partial charge in [0.1, 0.15) is 16.7 Å². The van der Waals surface area contributed by atoms with Gasteiger partial charge in [-0.15, -0.1) is 0 Å². The van der Waals surface area contributed by atoms with Gasteiger partial charge in [-0.1, -0.05) is 25.1 Å². The van der Waals surface area contributed by atoms with Gasteiger partial charge >= 0.3 is 11.6 Å². The summed E-state index contributed by atoms with van der Waals surface area (Å²) in [6, 6.07) is 5.06. The minimum Gasteiger partial charge on any atom is -0.492 e. The quantitative estimate of drug-likeness (QED) is 0.303. The number of carbonyl (C=O) groups is 1. The van der Waals surface area contributed by atoms with Crippen molar-refractivity contribution in [2.24, 2.45) is 0 Å². The summed E-state index contributed by atoms with van der Waals surface area (Å²) in [6.45, 7) is 7.30. The zero-order chi connectivity index (χ0) is 19.1. The number of benzene rings is 1. The van der Waals surface area contributed by atoms with Gasteiger partial charge in [0, 0.05) is 6.92 Å². The first-order valence-corrected chi connectivity index (χ1v) is 8.66. The van der Waals surface area contributed by atoms with Crippen LogP contribution < -0.4 is 19.8 Å². The molecule has 0 bridgehead atoms. The van der Waals surface area contributed by atoms with Crippen LogP contribution in [0.5, 0.6) is 17.2 Å². The Labute approximate surface area is 152 Å². The van der Waals surface area contributed by atoms with E-state index in [4.69, 9.17) is 18.6 Å². The number of hydrogen-bond donors (Lipinski definition) is 0. The zero-order valence-corrected chi connectivity index (χ0v) is 15.5. The predicted molar refractivity (Wildman–Crippen MR) is 99.1 cm³/mol. The van der Waals surface area contributed by atoms with Gasteiger partial charge < -0.3 is 18.6 Å². The highest BCUT2D eigenvalue weighted by Gasteiger charge is 2.23. The molecule has 1 aromatic heterocycles. The van der Waals surface area contributed by atoms with Crippen LogP contribution in [0, 0.1) is 0 Å². The third-order valence-corrected chi connectivity index (χ3v) is 3.35. The van der Waals surface area contributed by atoms with Crippen LogP contribution in [0.3, 0.4) is 0 Å². The van der Waals surface area contributed by atoms with E-state index in [9.17, 15) is 9.59 Å². The van der Waals surface area contributed by atoms with Crippen molar-refractivity contribution in [3.63, 3.8) is 0 Å². The summed E-state index contributed by atoms with van der Waals surface area (Å²) in [6.07, 6.45) is 5.50. The summed E-state index contributed by atoms with van der Waals surface area (Å²) < 4.78 is 22.0. The maximum atomic E-state index is 12.3. The molecule has 0 saturated heterocycles. The van der Waals surface area contributed by atoms with Gasteiger partial charge in [-0.2, -0.15) is 0 Å². The van der Waals surface area contributed by atoms with E-state index in [0.717, 1.165) is 12.8 Å². The SMILES string of the molecule is CCC=CCCOc1cccc2oc(=O)c(OC(C)C)c(OC(C)=O)c12. The minimum atomic E-state index is -0.703. The molecule has 0 N–H and O–H groups in total. The van der Waals surface area contributed by atoms with Gasteiger partial charge in [0.25, 0.3) is 0 Å². The van der Waals surface area contributed by atoms with E-state index in [-0.39, 0.29) is 23.2 Å². The molecule has 26 heavy (non-hydrogen) atoms. The molecule has 0 saturated carbocycles. The maximum absolute atomic E-state index is 12.3. The van der Waals surface area contributed by atoms with Crippen LogP contribution >= 0.6 is 0 Å². The van der Waals surface area contributed by atoms with Gasteiger partial charge in [0.05, 0.1) is 12.7 Å². The van der Waals surface area contributed by atoms with Crippen LogP contribution in [0.2, 0.25) is 0 Å². The zero-order valence-electron chi connectivity index (χ0n) is 15.5. The molecule has 2 aromatic rings. The highest BCUT2D eigenvalue weighted by atomic mass is 16.6. The molecule has 140 valence electrons. The Kier molecular flexibility index (Phi) is 6.83. The highest BCUT2D eigenvalue weighted by molar-refractivity contribution is 5.93. The van der Waals surface area contributed by atoms with Crippen molar-refractivity contribution in [1.82, 2.24) is 0 Å². The molecule has 6 heteroatoms. The average molecular weight is 360 g/mol. The van der Waals surface area contributed by atoms with Crippen molar-refractivity contribution in [3.05, 3.63) is 40.8 Å². The Morgan fingerprint density at radius 3 is 2.65 bits per heavy atom. The van der Waals surface area contributed by atoms with Gasteiger partial charge in [-0.3, -0.25) is 4.79 Å². The Morgan fingerprint density at radius 2 is 2.00 bits per heavy atom. The molecular formula is C20H24O6. The first kappa shape index (κ1) is 19.6. The van der Waals surface area contributed by atoms with E-state index in [2.05, 4.69) is 13.0 Å². The number of ether oxygens (including phenoxy) is 3. The molecule has 0 radical (unpaired) electrons. The summed E-state index contributed by atoms with van der Waals surface area (Å²) in [5, 5.41) is 0.400. The molecule has 0 fully saturated rings. The lowest BCUT2D eigenvalue weighted by atomic mass is 10.2. The van der Waals surface area contributed by atoms with E-state index >= 15 is 0 Å². The Bertz CT molecular complexity index is 847. The molecule has 0 amide bonds. The van der Waals surface area contributed by atoms with Crippen molar-refractivity contribution < 1.29 is 23.4 Å². The van der Waals surface area contributed by atoms with Crippen molar-refractivity contribution >= 4 is 16.9 Å². The van der Waals surface area contributed by atoms with Gasteiger partial charge in [0.15, 0.2) is 5.75 Å². The summed E-state index contributed by atoms with van der Waals surface area (Å²) in [4.78, 5) is 23.9. The summed E-state index contributed by atoms with van der Waals surface area (Å²) in [7, 11) is 0. The van der Waals surface area contributed by atoms with Crippen LogP contribution in [0.4, 0.5) is 0 Å². The molecule has 0 aliphatic heterocycles. The van der Waals surface area contributed by atoms with E-state index in [0.29, 0.717) is 17.7 Å². The van der Waals surface area contributed by atoms with E-state index < -0.39 is 11.6 Å². The fourth-order valence-electron chi connectivity index (χ4n) is 2.39. The third kappa shape index (κ3) is 4.88. The summed E-state index contributed by atoms with van der Waals surface area (Å²) >= 11 is 0. The first-order valence-electron chi connectivity index (χ1n) is 8.66. The molecule has 1 aromatic carbocycles. The second-order valence-corrected chi connectivity index (χ2v) is 5.95. The standard InChI is InChI=1S/C20H24O6/c1-5-6-7-8-12-23-15-10-9-11-16-17(15)18(25-14(4)21)19(20(22)26-16)24-13(2)3/h6-7,9-11,13H,5,8,12H2,1-4H3. The highest BCUT2D eigenvalue weighted by Crippen LogP contribution is 2.39. The second-order valence-electron chi connectivity index (χ2n) is 5.95. The normalized spacial score (nSPS) is 11.3. The lowest BCUT2D eigenvalue weighted by molar-refractivity contribution is -0.131. The molecule has 0 atom stereocenters. The van der Waals surface area contributed by atoms with E-state index in [1.165, 1.54) is 6.92 Å². The Hall–Kier alpha value is -2.76. The lowest BCUT2D eigenvalue weighted by Gasteiger charge is -2.16. The minimum absolute atomic E-state index is 0.0251. The number of carbonyl (C=O) groups excluding carboxylic acids is 1. The largest absolute Gasteiger partial charge is 0.492 e. The second kappa shape index (κ2) is 9.08. The maximum Gasteiger partial charge on any atom is 0.383 e. The number of fused-ring (bicyclic) bond motifs is 1. The molecule has 1 heterocycles. The lowest BCUT2D eigenvalue weighted by Crippen LogP contribution is -2.16. The first-order chi connectivity index (χ1) is 12.4. The smallest absolute Gasteiger partial charge is 0.383 e. The number of esters is 1. The molecule has 2 rings (SSSR count). The van der Waals surface area contributed by atoms with Crippen LogP contribution in [0.1, 0.15) is 40.5 Å². The van der Waals surface area contributed by atoms with Gasteiger partial charge in [-0.05, 0) is 38.8 Å². The van der Waals surface area contributed by atoms with Crippen molar-refractivity contribution in [3.8, 4) is 17.2 Å². The van der Waals surface area contributed by atoms with E-state index in [1.54, 1.807) is 32.0 Å². The van der Waals surface area contributed by atoms with Crippen molar-refractivity contribution in [2.75, 3.05) is 6.61 Å². The van der Waals surface area contributed by atoms with E-state index in [1.807, 2.05) is 6.08 Å². The van der Waals surface area contributed by atoms with Gasteiger partial charge in [-0.25, -0.2) is 4.79 Å². The average Bonchev–Trinajstić information content (AvgIpc) is 2.57. The molecule has 0 spiro atoms. The molecule has 6 nitrogen and oxygen atoms in total. The van der Waals surface area contributed by atoms with Crippen LogP contribution in [0.25, 0.3) is 11.0 Å². The topological polar surface area (TPSA) is 75.0 Å². The Balaban J connectivity index is 2.53. The molecule has 0 unspecified atom stereocenters. The fraction of sp³-hybridized carbons (Fsp3) is 0.400. The van der Waals surface area contributed by atoms with Crippen LogP contribution in [0.15, 0.2) is 39.6 Å². The van der Waals surface area contributed by atoms with Gasteiger partial charge in [0.2, 0.25) is 5.75 Å². The molecule has 0 aliphatic carbocycles. The predicted octanol–water partition coefficient (Wildman–Crippen LogP) is 4.24. The van der Waals surface area contributed by atoms with Crippen LogP contribution in [-0.4, -0.2) is 18.7 Å². The fourth-order valence-corrected chi connectivity index (χ4v) is 2.39. The number of hydrogen-bond acceptors (Lipinski definition) is 6.